The quantitative estimate of drug-likeness (QED) is 0.469. The Morgan fingerprint density at radius 2 is 1.71 bits per heavy atom. The minimum atomic E-state index is -0.219. The first-order valence-corrected chi connectivity index (χ1v) is 9.62. The van der Waals surface area contributed by atoms with Gasteiger partial charge in [-0.1, -0.05) is 23.2 Å². The van der Waals surface area contributed by atoms with Crippen LogP contribution in [-0.2, 0) is 0 Å². The van der Waals surface area contributed by atoms with Crippen LogP contribution < -0.4 is 10.6 Å². The number of benzene rings is 1. The lowest BCUT2D eigenvalue weighted by Crippen LogP contribution is -2.28. The summed E-state index contributed by atoms with van der Waals surface area (Å²) >= 11 is 12.0. The minimum absolute atomic E-state index is 0.129. The van der Waals surface area contributed by atoms with Crippen molar-refractivity contribution < 1.29 is 10.2 Å². The number of fused-ring (bicyclic) bond motifs is 1. The Bertz CT molecular complexity index is 988. The number of aromatic nitrogens is 4. The summed E-state index contributed by atoms with van der Waals surface area (Å²) in [6, 6.07) is 3.31. The van der Waals surface area contributed by atoms with Crippen LogP contribution in [0.5, 0.6) is 5.75 Å². The van der Waals surface area contributed by atoms with E-state index in [9.17, 15) is 10.2 Å². The number of hydrogen-bond donors (Lipinski definition) is 4. The Balaban J connectivity index is 1.61. The van der Waals surface area contributed by atoms with Crippen molar-refractivity contribution >= 4 is 51.7 Å². The summed E-state index contributed by atoms with van der Waals surface area (Å²) in [5.41, 5.74) is 1.68. The van der Waals surface area contributed by atoms with E-state index < -0.39 is 0 Å². The molecule has 2 aromatic heterocycles. The number of phenols is 1. The Labute approximate surface area is 171 Å². The van der Waals surface area contributed by atoms with Crippen LogP contribution in [0.3, 0.4) is 0 Å². The van der Waals surface area contributed by atoms with Crippen LogP contribution in [0.4, 0.5) is 17.5 Å². The average Bonchev–Trinajstić information content (AvgIpc) is 2.68. The number of anilines is 3. The molecule has 4 N–H and O–H groups in total. The molecule has 1 aliphatic rings. The Kier molecular flexibility index (Phi) is 5.34. The molecule has 0 spiro atoms. The van der Waals surface area contributed by atoms with Crippen molar-refractivity contribution in [1.82, 2.24) is 19.9 Å². The van der Waals surface area contributed by atoms with Crippen LogP contribution in [-0.4, -0.2) is 42.3 Å². The second-order valence-corrected chi connectivity index (χ2v) is 7.53. The molecule has 28 heavy (non-hydrogen) atoms. The predicted molar refractivity (Wildman–Crippen MR) is 108 cm³/mol. The molecular weight excluding hydrogens is 403 g/mol. The first-order valence-electron chi connectivity index (χ1n) is 8.87. The number of hydrogen-bond acceptors (Lipinski definition) is 8. The van der Waals surface area contributed by atoms with Gasteiger partial charge in [0, 0.05) is 11.7 Å². The van der Waals surface area contributed by atoms with E-state index in [2.05, 4.69) is 30.6 Å². The standard InChI is InChI=1S/C18H18Cl2N6O2/c19-12-5-10(6-13(20)16(12)28)24-17-15-14(22-8-23-17)7-21-18(26-15)25-9-1-3-11(27)4-2-9/h5-9,11,27-28H,1-4H2,(H,21,25,26)(H,22,23,24)/t9-,11-. The number of halogens is 2. The normalized spacial score (nSPS) is 19.5. The van der Waals surface area contributed by atoms with E-state index in [1.54, 1.807) is 18.3 Å². The van der Waals surface area contributed by atoms with Crippen molar-refractivity contribution in [3.05, 3.63) is 34.7 Å². The van der Waals surface area contributed by atoms with Gasteiger partial charge in [-0.2, -0.15) is 0 Å². The molecular formula is C18H18Cl2N6O2. The SMILES string of the molecule is Oc1c(Cl)cc(Nc2ncnc3cnc(N[C@H]4CC[C@H](O)CC4)nc23)cc1Cl. The van der Waals surface area contributed by atoms with Crippen LogP contribution >= 0.6 is 23.2 Å². The molecule has 10 heteroatoms. The van der Waals surface area contributed by atoms with E-state index in [0.717, 1.165) is 25.7 Å². The summed E-state index contributed by atoms with van der Waals surface area (Å²) in [5.74, 6) is 0.772. The van der Waals surface area contributed by atoms with Gasteiger partial charge in [0.2, 0.25) is 5.95 Å². The molecule has 0 atom stereocenters. The van der Waals surface area contributed by atoms with E-state index in [-0.39, 0.29) is 27.9 Å². The highest BCUT2D eigenvalue weighted by Gasteiger charge is 2.20. The number of rotatable bonds is 4. The Morgan fingerprint density at radius 1 is 1.00 bits per heavy atom. The van der Waals surface area contributed by atoms with Crippen molar-refractivity contribution in [3.8, 4) is 5.75 Å². The molecule has 1 fully saturated rings. The summed E-state index contributed by atoms with van der Waals surface area (Å²) in [6.07, 6.45) is 6.09. The number of nitrogens with zero attached hydrogens (tertiary/aromatic N) is 4. The highest BCUT2D eigenvalue weighted by molar-refractivity contribution is 6.37. The number of phenolic OH excluding ortho intramolecular Hbond substituents is 1. The maximum absolute atomic E-state index is 9.72. The zero-order valence-corrected chi connectivity index (χ0v) is 16.2. The van der Waals surface area contributed by atoms with Crippen LogP contribution in [0.15, 0.2) is 24.7 Å². The minimum Gasteiger partial charge on any atom is -0.505 e. The summed E-state index contributed by atoms with van der Waals surface area (Å²) < 4.78 is 0. The van der Waals surface area contributed by atoms with Gasteiger partial charge in [-0.05, 0) is 37.8 Å². The van der Waals surface area contributed by atoms with Gasteiger partial charge in [0.1, 0.15) is 17.4 Å². The van der Waals surface area contributed by atoms with E-state index >= 15 is 0 Å². The molecule has 1 saturated carbocycles. The number of aliphatic hydroxyl groups excluding tert-OH is 1. The zero-order chi connectivity index (χ0) is 19.7. The van der Waals surface area contributed by atoms with Crippen LogP contribution in [0.25, 0.3) is 11.0 Å². The molecule has 2 heterocycles. The third-order valence-corrected chi connectivity index (χ3v) is 5.26. The van der Waals surface area contributed by atoms with E-state index in [1.807, 2.05) is 0 Å². The van der Waals surface area contributed by atoms with Gasteiger partial charge < -0.3 is 20.8 Å². The highest BCUT2D eigenvalue weighted by Crippen LogP contribution is 2.36. The molecule has 0 unspecified atom stereocenters. The summed E-state index contributed by atoms with van der Waals surface area (Å²) in [6.45, 7) is 0. The maximum atomic E-state index is 9.72. The fraction of sp³-hybridized carbons (Fsp3) is 0.333. The van der Waals surface area contributed by atoms with Crippen molar-refractivity contribution in [2.75, 3.05) is 10.6 Å². The van der Waals surface area contributed by atoms with Crippen LogP contribution in [0, 0.1) is 0 Å². The molecule has 0 amide bonds. The Morgan fingerprint density at radius 3 is 2.43 bits per heavy atom. The molecule has 1 aromatic carbocycles. The molecule has 0 bridgehead atoms. The molecule has 0 aliphatic heterocycles. The molecule has 0 saturated heterocycles. The second-order valence-electron chi connectivity index (χ2n) is 6.71. The second kappa shape index (κ2) is 7.90. The fourth-order valence-corrected chi connectivity index (χ4v) is 3.68. The third kappa shape index (κ3) is 4.04. The summed E-state index contributed by atoms with van der Waals surface area (Å²) in [4.78, 5) is 17.4. The van der Waals surface area contributed by atoms with E-state index in [1.165, 1.54) is 6.33 Å². The number of nitrogens with one attached hydrogen (secondary N) is 2. The van der Waals surface area contributed by atoms with Gasteiger partial charge in [0.05, 0.1) is 22.3 Å². The predicted octanol–water partition coefficient (Wildman–Crippen LogP) is 3.89. The molecule has 1 aliphatic carbocycles. The van der Waals surface area contributed by atoms with Crippen LogP contribution in [0.1, 0.15) is 25.7 Å². The van der Waals surface area contributed by atoms with Crippen molar-refractivity contribution in [2.24, 2.45) is 0 Å². The topological polar surface area (TPSA) is 116 Å². The van der Waals surface area contributed by atoms with Crippen molar-refractivity contribution in [1.29, 1.82) is 0 Å². The molecule has 8 nitrogen and oxygen atoms in total. The molecule has 0 radical (unpaired) electrons. The van der Waals surface area contributed by atoms with Gasteiger partial charge in [0.25, 0.3) is 0 Å². The molecule has 4 rings (SSSR count). The Hall–Kier alpha value is -2.42. The lowest BCUT2D eigenvalue weighted by Gasteiger charge is -2.26. The largest absolute Gasteiger partial charge is 0.505 e. The van der Waals surface area contributed by atoms with Gasteiger partial charge >= 0.3 is 0 Å². The zero-order valence-electron chi connectivity index (χ0n) is 14.7. The lowest BCUT2D eigenvalue weighted by molar-refractivity contribution is 0.126. The van der Waals surface area contributed by atoms with Crippen LogP contribution in [0.2, 0.25) is 10.0 Å². The van der Waals surface area contributed by atoms with Gasteiger partial charge in [-0.15, -0.1) is 0 Å². The molecule has 3 aromatic rings. The summed E-state index contributed by atoms with van der Waals surface area (Å²) in [7, 11) is 0. The van der Waals surface area contributed by atoms with Gasteiger partial charge in [0.15, 0.2) is 11.6 Å². The monoisotopic (exact) mass is 420 g/mol. The maximum Gasteiger partial charge on any atom is 0.223 e. The highest BCUT2D eigenvalue weighted by atomic mass is 35.5. The van der Waals surface area contributed by atoms with E-state index in [4.69, 9.17) is 23.2 Å². The first-order chi connectivity index (χ1) is 13.5. The van der Waals surface area contributed by atoms with E-state index in [0.29, 0.717) is 28.5 Å². The first kappa shape index (κ1) is 18.9. The van der Waals surface area contributed by atoms with Crippen molar-refractivity contribution in [3.63, 3.8) is 0 Å². The fourth-order valence-electron chi connectivity index (χ4n) is 3.19. The van der Waals surface area contributed by atoms with Gasteiger partial charge in [-0.25, -0.2) is 19.9 Å². The summed E-state index contributed by atoms with van der Waals surface area (Å²) in [5, 5.41) is 26.1. The average molecular weight is 421 g/mol. The number of aromatic hydroxyl groups is 1. The third-order valence-electron chi connectivity index (χ3n) is 4.69. The van der Waals surface area contributed by atoms with Crippen molar-refractivity contribution in [2.45, 2.75) is 37.8 Å². The smallest absolute Gasteiger partial charge is 0.223 e. The number of aliphatic hydroxyl groups is 1. The van der Waals surface area contributed by atoms with Gasteiger partial charge in [-0.3, -0.25) is 0 Å². The lowest BCUT2D eigenvalue weighted by atomic mass is 9.93. The molecule has 146 valence electrons.